The van der Waals surface area contributed by atoms with Gasteiger partial charge in [-0.25, -0.2) is 4.79 Å². The minimum absolute atomic E-state index is 0.0879. The summed E-state index contributed by atoms with van der Waals surface area (Å²) < 4.78 is 7.18. The van der Waals surface area contributed by atoms with Gasteiger partial charge in [-0.2, -0.15) is 0 Å². The maximum Gasteiger partial charge on any atom is 0.343 e. The van der Waals surface area contributed by atoms with Gasteiger partial charge in [0.1, 0.15) is 5.56 Å². The lowest BCUT2D eigenvalue weighted by atomic mass is 10.0. The second-order valence-electron chi connectivity index (χ2n) is 7.30. The highest BCUT2D eigenvalue weighted by atomic mass is 16.5. The molecule has 1 aliphatic carbocycles. The Kier molecular flexibility index (Phi) is 4.55. The molecule has 1 saturated heterocycles. The zero-order valence-corrected chi connectivity index (χ0v) is 15.9. The summed E-state index contributed by atoms with van der Waals surface area (Å²) in [6, 6.07) is 2.06. The summed E-state index contributed by atoms with van der Waals surface area (Å²) in [5.41, 5.74) is 9.65. The third kappa shape index (κ3) is 3.06. The van der Waals surface area contributed by atoms with E-state index in [1.807, 2.05) is 6.92 Å². The van der Waals surface area contributed by atoms with Crippen molar-refractivity contribution >= 4 is 28.2 Å². The van der Waals surface area contributed by atoms with Gasteiger partial charge in [0.05, 0.1) is 23.5 Å². The van der Waals surface area contributed by atoms with Crippen LogP contribution in [0.2, 0.25) is 0 Å². The average molecular weight is 370 g/mol. The lowest BCUT2D eigenvalue weighted by Crippen LogP contribution is -2.44. The number of aromatic nitrogens is 1. The molecule has 2 heterocycles. The van der Waals surface area contributed by atoms with Crippen molar-refractivity contribution in [3.05, 3.63) is 33.6 Å². The zero-order chi connectivity index (χ0) is 19.1. The number of piperazine rings is 1. The van der Waals surface area contributed by atoms with Gasteiger partial charge in [0.2, 0.25) is 5.43 Å². The molecule has 1 saturated carbocycles. The van der Waals surface area contributed by atoms with Gasteiger partial charge in [-0.05, 0) is 38.3 Å². The molecule has 2 fully saturated rings. The highest BCUT2D eigenvalue weighted by Gasteiger charge is 2.29. The number of nitrogens with two attached hydrogens (primary N) is 1. The van der Waals surface area contributed by atoms with Crippen LogP contribution in [0.1, 0.15) is 41.7 Å². The van der Waals surface area contributed by atoms with Gasteiger partial charge < -0.3 is 25.3 Å². The van der Waals surface area contributed by atoms with Crippen LogP contribution < -0.4 is 21.4 Å². The number of benzene rings is 1. The molecule has 0 spiro atoms. The first-order valence-corrected chi connectivity index (χ1v) is 9.63. The van der Waals surface area contributed by atoms with Crippen LogP contribution in [0.3, 0.4) is 0 Å². The predicted molar refractivity (Wildman–Crippen MR) is 107 cm³/mol. The second-order valence-corrected chi connectivity index (χ2v) is 7.30. The van der Waals surface area contributed by atoms with Crippen molar-refractivity contribution in [1.82, 2.24) is 9.88 Å². The summed E-state index contributed by atoms with van der Waals surface area (Å²) in [4.78, 5) is 27.6. The molecular formula is C20H26N4O3. The first-order valence-electron chi connectivity index (χ1n) is 9.63. The molecular weight excluding hydrogens is 344 g/mol. The Bertz CT molecular complexity index is 956. The fourth-order valence-electron chi connectivity index (χ4n) is 4.04. The molecule has 2 aliphatic rings. The molecule has 7 nitrogen and oxygen atoms in total. The Hall–Kier alpha value is -2.54. The number of aryl methyl sites for hydroxylation is 1. The van der Waals surface area contributed by atoms with E-state index in [1.165, 1.54) is 0 Å². The number of carbonyl (C=O) groups excluding carboxylic acids is 1. The molecule has 0 amide bonds. The Morgan fingerprint density at radius 2 is 2.04 bits per heavy atom. The summed E-state index contributed by atoms with van der Waals surface area (Å²) >= 11 is 0. The van der Waals surface area contributed by atoms with E-state index in [4.69, 9.17) is 10.5 Å². The van der Waals surface area contributed by atoms with E-state index in [1.54, 1.807) is 19.2 Å². The molecule has 4 rings (SSSR count). The number of nitrogens with one attached hydrogen (secondary N) is 1. The van der Waals surface area contributed by atoms with E-state index in [0.717, 1.165) is 55.8 Å². The van der Waals surface area contributed by atoms with Crippen molar-refractivity contribution in [1.29, 1.82) is 0 Å². The van der Waals surface area contributed by atoms with E-state index in [2.05, 4.69) is 14.8 Å². The topological polar surface area (TPSA) is 89.6 Å². The third-order valence-electron chi connectivity index (χ3n) is 5.42. The second kappa shape index (κ2) is 6.88. The summed E-state index contributed by atoms with van der Waals surface area (Å²) in [5, 5.41) is 3.85. The number of rotatable bonds is 4. The van der Waals surface area contributed by atoms with E-state index < -0.39 is 5.97 Å². The summed E-state index contributed by atoms with van der Waals surface area (Å²) in [7, 11) is 0. The number of esters is 1. The number of hydrogen-bond acceptors (Lipinski definition) is 6. The fraction of sp³-hybridized carbons (Fsp3) is 0.500. The average Bonchev–Trinajstić information content (AvgIpc) is 3.49. The van der Waals surface area contributed by atoms with Gasteiger partial charge in [0.15, 0.2) is 0 Å². The van der Waals surface area contributed by atoms with Crippen LogP contribution in [0.15, 0.2) is 17.1 Å². The number of nitrogen functional groups attached to an aromatic ring is 1. The molecule has 0 atom stereocenters. The lowest BCUT2D eigenvalue weighted by molar-refractivity contribution is 0.0524. The first-order chi connectivity index (χ1) is 13.0. The maximum atomic E-state index is 13.0. The monoisotopic (exact) mass is 370 g/mol. The number of anilines is 2. The third-order valence-corrected chi connectivity index (χ3v) is 5.42. The number of ether oxygens (including phenoxy) is 1. The van der Waals surface area contributed by atoms with Gasteiger partial charge in [0.25, 0.3) is 0 Å². The van der Waals surface area contributed by atoms with Gasteiger partial charge >= 0.3 is 5.97 Å². The van der Waals surface area contributed by atoms with Crippen molar-refractivity contribution in [3.63, 3.8) is 0 Å². The molecule has 1 aromatic heterocycles. The van der Waals surface area contributed by atoms with Crippen molar-refractivity contribution in [2.75, 3.05) is 43.4 Å². The van der Waals surface area contributed by atoms with E-state index in [9.17, 15) is 9.59 Å². The minimum Gasteiger partial charge on any atom is -0.462 e. The van der Waals surface area contributed by atoms with Gasteiger partial charge in [-0.15, -0.1) is 0 Å². The van der Waals surface area contributed by atoms with Crippen LogP contribution >= 0.6 is 0 Å². The number of hydrogen-bond donors (Lipinski definition) is 2. The van der Waals surface area contributed by atoms with E-state index in [-0.39, 0.29) is 17.6 Å². The van der Waals surface area contributed by atoms with Crippen LogP contribution in [0.25, 0.3) is 10.9 Å². The molecule has 2 aromatic rings. The molecule has 1 aliphatic heterocycles. The quantitative estimate of drug-likeness (QED) is 0.630. The van der Waals surface area contributed by atoms with E-state index in [0.29, 0.717) is 17.1 Å². The number of nitrogens with zero attached hydrogens (tertiary/aromatic N) is 2. The molecule has 7 heteroatoms. The molecule has 0 radical (unpaired) electrons. The number of fused-ring (bicyclic) bond motifs is 1. The molecule has 0 bridgehead atoms. The van der Waals surface area contributed by atoms with Gasteiger partial charge in [0, 0.05) is 43.8 Å². The normalized spacial score (nSPS) is 17.3. The van der Waals surface area contributed by atoms with Crippen molar-refractivity contribution in [2.24, 2.45) is 0 Å². The predicted octanol–water partition coefficient (Wildman–Crippen LogP) is 1.81. The molecule has 3 N–H and O–H groups in total. The van der Waals surface area contributed by atoms with Crippen LogP contribution in [0, 0.1) is 6.92 Å². The van der Waals surface area contributed by atoms with Gasteiger partial charge in [-0.1, -0.05) is 0 Å². The Morgan fingerprint density at radius 1 is 1.33 bits per heavy atom. The van der Waals surface area contributed by atoms with Crippen molar-refractivity contribution in [2.45, 2.75) is 32.7 Å². The Morgan fingerprint density at radius 3 is 2.67 bits per heavy atom. The molecule has 27 heavy (non-hydrogen) atoms. The summed E-state index contributed by atoms with van der Waals surface area (Å²) in [5.74, 6) is -0.568. The van der Waals surface area contributed by atoms with Crippen LogP contribution in [0.4, 0.5) is 11.4 Å². The smallest absolute Gasteiger partial charge is 0.343 e. The van der Waals surface area contributed by atoms with Gasteiger partial charge in [-0.3, -0.25) is 4.79 Å². The van der Waals surface area contributed by atoms with Crippen molar-refractivity contribution in [3.8, 4) is 0 Å². The molecule has 1 aromatic carbocycles. The number of pyridine rings is 1. The molecule has 144 valence electrons. The number of carbonyl (C=O) groups is 1. The minimum atomic E-state index is -0.568. The Balaban J connectivity index is 1.96. The largest absolute Gasteiger partial charge is 0.462 e. The SMILES string of the molecule is CCOC(=O)c1cn(C2CC2)c2c(C)c(N3CCNCC3)c(N)cc2c1=O. The first kappa shape index (κ1) is 17.9. The summed E-state index contributed by atoms with van der Waals surface area (Å²) in [6.07, 6.45) is 3.78. The summed E-state index contributed by atoms with van der Waals surface area (Å²) in [6.45, 7) is 7.58. The van der Waals surface area contributed by atoms with Crippen LogP contribution in [-0.2, 0) is 4.74 Å². The van der Waals surface area contributed by atoms with Crippen LogP contribution in [-0.4, -0.2) is 43.3 Å². The maximum absolute atomic E-state index is 13.0. The van der Waals surface area contributed by atoms with Crippen molar-refractivity contribution < 1.29 is 9.53 Å². The Labute approximate surface area is 158 Å². The highest BCUT2D eigenvalue weighted by molar-refractivity contribution is 5.98. The van der Waals surface area contributed by atoms with Crippen LogP contribution in [0.5, 0.6) is 0 Å². The zero-order valence-electron chi connectivity index (χ0n) is 15.9. The fourth-order valence-corrected chi connectivity index (χ4v) is 4.04. The highest BCUT2D eigenvalue weighted by Crippen LogP contribution is 2.41. The molecule has 0 unspecified atom stereocenters. The van der Waals surface area contributed by atoms with E-state index >= 15 is 0 Å². The lowest BCUT2D eigenvalue weighted by Gasteiger charge is -2.32. The standard InChI is InChI=1S/C20H26N4O3/c1-3-27-20(26)15-11-24(13-4-5-13)17-12(2)18(23-8-6-22-7-9-23)16(21)10-14(17)19(15)25/h10-11,13,22H,3-9,21H2,1-2H3.